The maximum absolute atomic E-state index is 12.4. The van der Waals surface area contributed by atoms with Crippen molar-refractivity contribution in [1.29, 1.82) is 0 Å². The standard InChI is InChI=1S/C24H35NO4/c1-15(2)29-18-7-5-16(6-8-18)21-19-13-17-14-24(19,10-12-28-21)22(23(17,3)4)25-20(27)9-11-26/h5-8,15,17,19,21-22,26H,9-14H2,1-4H3,(H,25,27)/t17-,19-,21-,22-,24?/m1/s1. The van der Waals surface area contributed by atoms with Crippen molar-refractivity contribution in [2.75, 3.05) is 13.2 Å². The molecule has 2 saturated carbocycles. The summed E-state index contributed by atoms with van der Waals surface area (Å²) in [5, 5.41) is 12.5. The monoisotopic (exact) mass is 401 g/mol. The fourth-order valence-electron chi connectivity index (χ4n) is 6.46. The summed E-state index contributed by atoms with van der Waals surface area (Å²) in [4.78, 5) is 12.4. The number of nitrogens with one attached hydrogen (secondary N) is 1. The first-order chi connectivity index (χ1) is 13.8. The zero-order valence-corrected chi connectivity index (χ0v) is 18.1. The summed E-state index contributed by atoms with van der Waals surface area (Å²) in [6, 6.07) is 8.48. The molecule has 5 atom stereocenters. The van der Waals surface area contributed by atoms with Crippen molar-refractivity contribution >= 4 is 5.91 Å². The van der Waals surface area contributed by atoms with Gasteiger partial charge in [-0.15, -0.1) is 0 Å². The normalized spacial score (nSPS) is 34.8. The molecule has 3 fully saturated rings. The molecule has 1 aliphatic heterocycles. The number of aliphatic hydroxyl groups is 1. The van der Waals surface area contributed by atoms with Crippen LogP contribution in [0.5, 0.6) is 5.75 Å². The van der Waals surface area contributed by atoms with E-state index in [-0.39, 0.29) is 48.0 Å². The van der Waals surface area contributed by atoms with Crippen LogP contribution in [-0.2, 0) is 9.53 Å². The van der Waals surface area contributed by atoms with Crippen LogP contribution >= 0.6 is 0 Å². The largest absolute Gasteiger partial charge is 0.491 e. The van der Waals surface area contributed by atoms with Crippen molar-refractivity contribution in [3.05, 3.63) is 29.8 Å². The van der Waals surface area contributed by atoms with Gasteiger partial charge in [-0.05, 0) is 73.5 Å². The quantitative estimate of drug-likeness (QED) is 0.760. The maximum Gasteiger partial charge on any atom is 0.222 e. The minimum Gasteiger partial charge on any atom is -0.491 e. The lowest BCUT2D eigenvalue weighted by atomic mass is 9.59. The van der Waals surface area contributed by atoms with E-state index >= 15 is 0 Å². The van der Waals surface area contributed by atoms with E-state index in [2.05, 4.69) is 31.3 Å². The summed E-state index contributed by atoms with van der Waals surface area (Å²) in [7, 11) is 0. The molecule has 5 heteroatoms. The number of amides is 1. The second-order valence-corrected chi connectivity index (χ2v) is 10.0. The summed E-state index contributed by atoms with van der Waals surface area (Å²) in [5.41, 5.74) is 1.35. The Labute approximate surface area is 174 Å². The van der Waals surface area contributed by atoms with Crippen LogP contribution in [0.3, 0.4) is 0 Å². The molecule has 29 heavy (non-hydrogen) atoms. The number of hydrogen-bond acceptors (Lipinski definition) is 4. The minimum atomic E-state index is -0.102. The van der Waals surface area contributed by atoms with Gasteiger partial charge in [-0.3, -0.25) is 4.79 Å². The van der Waals surface area contributed by atoms with Gasteiger partial charge in [-0.25, -0.2) is 0 Å². The Morgan fingerprint density at radius 3 is 2.69 bits per heavy atom. The van der Waals surface area contributed by atoms with Gasteiger partial charge in [-0.1, -0.05) is 26.0 Å². The average molecular weight is 402 g/mol. The number of rotatable bonds is 6. The Balaban J connectivity index is 1.59. The molecular weight excluding hydrogens is 366 g/mol. The summed E-state index contributed by atoms with van der Waals surface area (Å²) in [5.74, 6) is 1.84. The zero-order chi connectivity index (χ0) is 20.8. The first-order valence-electron chi connectivity index (χ1n) is 11.1. The molecule has 1 amide bonds. The number of benzene rings is 1. The second-order valence-electron chi connectivity index (χ2n) is 10.0. The summed E-state index contributed by atoms with van der Waals surface area (Å²) in [6.45, 7) is 9.29. The summed E-state index contributed by atoms with van der Waals surface area (Å²) in [6.07, 6.45) is 3.70. The van der Waals surface area contributed by atoms with Crippen molar-refractivity contribution < 1.29 is 19.4 Å². The van der Waals surface area contributed by atoms with Gasteiger partial charge < -0.3 is 19.9 Å². The van der Waals surface area contributed by atoms with Crippen LogP contribution in [0.1, 0.15) is 65.0 Å². The lowest BCUT2D eigenvalue weighted by Gasteiger charge is -2.53. The van der Waals surface area contributed by atoms with E-state index in [0.29, 0.717) is 11.8 Å². The molecule has 4 rings (SSSR count). The van der Waals surface area contributed by atoms with Crippen LogP contribution in [-0.4, -0.2) is 36.4 Å². The molecule has 2 bridgehead atoms. The smallest absolute Gasteiger partial charge is 0.222 e. The van der Waals surface area contributed by atoms with Crippen LogP contribution in [0.4, 0.5) is 0 Å². The Kier molecular flexibility index (Phi) is 5.41. The Morgan fingerprint density at radius 2 is 2.03 bits per heavy atom. The Morgan fingerprint density at radius 1 is 1.31 bits per heavy atom. The van der Waals surface area contributed by atoms with Crippen molar-refractivity contribution in [1.82, 2.24) is 5.32 Å². The average Bonchev–Trinajstić information content (AvgIpc) is 3.15. The number of aliphatic hydroxyl groups excluding tert-OH is 1. The highest BCUT2D eigenvalue weighted by molar-refractivity contribution is 5.76. The van der Waals surface area contributed by atoms with Crippen LogP contribution in [0.2, 0.25) is 0 Å². The molecule has 3 aliphatic rings. The molecule has 1 saturated heterocycles. The maximum atomic E-state index is 12.4. The van der Waals surface area contributed by atoms with Crippen molar-refractivity contribution in [3.63, 3.8) is 0 Å². The molecular formula is C24H35NO4. The van der Waals surface area contributed by atoms with Crippen LogP contribution < -0.4 is 10.1 Å². The van der Waals surface area contributed by atoms with Gasteiger partial charge in [0, 0.05) is 19.1 Å². The summed E-state index contributed by atoms with van der Waals surface area (Å²) < 4.78 is 12.1. The third-order valence-electron chi connectivity index (χ3n) is 7.73. The minimum absolute atomic E-state index is 0.0375. The van der Waals surface area contributed by atoms with E-state index < -0.39 is 0 Å². The Bertz CT molecular complexity index is 744. The van der Waals surface area contributed by atoms with E-state index in [0.717, 1.165) is 31.6 Å². The first-order valence-corrected chi connectivity index (χ1v) is 11.1. The predicted octanol–water partition coefficient (Wildman–Crippen LogP) is 3.85. The fraction of sp³-hybridized carbons (Fsp3) is 0.708. The highest BCUT2D eigenvalue weighted by Crippen LogP contribution is 2.70. The topological polar surface area (TPSA) is 67.8 Å². The van der Waals surface area contributed by atoms with Crippen LogP contribution in [0, 0.1) is 22.7 Å². The Hall–Kier alpha value is -1.59. The number of fused-ring (bicyclic) bond motifs is 1. The van der Waals surface area contributed by atoms with E-state index in [1.54, 1.807) is 0 Å². The molecule has 1 heterocycles. The molecule has 0 aromatic heterocycles. The third kappa shape index (κ3) is 3.46. The highest BCUT2D eigenvalue weighted by atomic mass is 16.5. The number of carbonyl (C=O) groups is 1. The fourth-order valence-corrected chi connectivity index (χ4v) is 6.46. The molecule has 1 aromatic rings. The van der Waals surface area contributed by atoms with Gasteiger partial charge >= 0.3 is 0 Å². The molecule has 1 aromatic carbocycles. The highest BCUT2D eigenvalue weighted by Gasteiger charge is 2.68. The summed E-state index contributed by atoms with van der Waals surface area (Å²) >= 11 is 0. The lowest BCUT2D eigenvalue weighted by molar-refractivity contribution is -0.137. The van der Waals surface area contributed by atoms with Gasteiger partial charge in [0.15, 0.2) is 0 Å². The van der Waals surface area contributed by atoms with Crippen molar-refractivity contribution in [2.24, 2.45) is 22.7 Å². The predicted molar refractivity (Wildman–Crippen MR) is 112 cm³/mol. The van der Waals surface area contributed by atoms with E-state index in [9.17, 15) is 9.90 Å². The van der Waals surface area contributed by atoms with Gasteiger partial charge in [-0.2, -0.15) is 0 Å². The lowest BCUT2D eigenvalue weighted by Crippen LogP contribution is -2.59. The molecule has 0 radical (unpaired) electrons. The SMILES string of the molecule is CC(C)Oc1ccc([C@H]2OCCC34C[C@@H](C[C@H]23)C(C)(C)[C@H]4NC(=O)CCO)cc1. The number of carbonyl (C=O) groups excluding carboxylic acids is 1. The first kappa shape index (κ1) is 20.7. The molecule has 2 aliphatic carbocycles. The van der Waals surface area contributed by atoms with Crippen LogP contribution in [0.25, 0.3) is 0 Å². The molecule has 2 N–H and O–H groups in total. The van der Waals surface area contributed by atoms with Gasteiger partial charge in [0.25, 0.3) is 0 Å². The van der Waals surface area contributed by atoms with E-state index in [1.807, 2.05) is 26.0 Å². The third-order valence-corrected chi connectivity index (χ3v) is 7.73. The number of ether oxygens (including phenoxy) is 2. The second kappa shape index (κ2) is 7.59. The zero-order valence-electron chi connectivity index (χ0n) is 18.1. The van der Waals surface area contributed by atoms with E-state index in [4.69, 9.17) is 9.47 Å². The molecule has 1 spiro atoms. The molecule has 160 valence electrons. The number of hydrogen-bond donors (Lipinski definition) is 2. The molecule has 1 unspecified atom stereocenters. The molecule has 5 nitrogen and oxygen atoms in total. The van der Waals surface area contributed by atoms with Crippen molar-refractivity contribution in [2.45, 2.75) is 71.6 Å². The van der Waals surface area contributed by atoms with Gasteiger partial charge in [0.2, 0.25) is 5.91 Å². The van der Waals surface area contributed by atoms with Crippen LogP contribution in [0.15, 0.2) is 24.3 Å². The van der Waals surface area contributed by atoms with Gasteiger partial charge in [0.05, 0.1) is 18.8 Å². The van der Waals surface area contributed by atoms with Gasteiger partial charge in [0.1, 0.15) is 5.75 Å². The van der Waals surface area contributed by atoms with Crippen molar-refractivity contribution in [3.8, 4) is 5.75 Å². The van der Waals surface area contributed by atoms with E-state index in [1.165, 1.54) is 5.56 Å².